The largest absolute Gasteiger partial charge is 0.291 e. The van der Waals surface area contributed by atoms with Crippen LogP contribution in [0, 0.1) is 34.6 Å². The van der Waals surface area contributed by atoms with Crippen LogP contribution in [0.4, 0.5) is 0 Å². The molecule has 0 saturated carbocycles. The van der Waals surface area contributed by atoms with Crippen molar-refractivity contribution >= 4 is 0 Å². The van der Waals surface area contributed by atoms with E-state index in [2.05, 4.69) is 79.2 Å². The van der Waals surface area contributed by atoms with E-state index in [-0.39, 0.29) is 0 Å². The standard InChI is InChI=1S/C20H23N3/c1-14-12-15(2)20(23-13-21-10-9-17(23)4)18(5)19(14)22-11-7-6-8-16(22)3/h6-13H,1-5H3/q+2. The van der Waals surface area contributed by atoms with Crippen LogP contribution in [0.15, 0.2) is 49.1 Å². The summed E-state index contributed by atoms with van der Waals surface area (Å²) in [4.78, 5) is 4.30. The molecule has 0 atom stereocenters. The first-order valence-corrected chi connectivity index (χ1v) is 7.92. The first-order chi connectivity index (χ1) is 11.0. The van der Waals surface area contributed by atoms with Crippen LogP contribution in [-0.4, -0.2) is 4.98 Å². The Balaban J connectivity index is 2.35. The average Bonchev–Trinajstić information content (AvgIpc) is 2.50. The minimum atomic E-state index is 1.18. The molecule has 0 aliphatic carbocycles. The molecule has 0 spiro atoms. The van der Waals surface area contributed by atoms with Gasteiger partial charge in [-0.05, 0) is 39.3 Å². The molecule has 0 bridgehead atoms. The molecular formula is C20H23N3+2. The van der Waals surface area contributed by atoms with Crippen LogP contribution in [0.1, 0.15) is 28.1 Å². The van der Waals surface area contributed by atoms with Gasteiger partial charge in [-0.15, -0.1) is 0 Å². The lowest BCUT2D eigenvalue weighted by Crippen LogP contribution is -2.40. The molecule has 0 saturated heterocycles. The van der Waals surface area contributed by atoms with E-state index in [1.807, 2.05) is 18.6 Å². The third kappa shape index (κ3) is 2.63. The van der Waals surface area contributed by atoms with Crippen molar-refractivity contribution in [2.24, 2.45) is 0 Å². The molecule has 0 aliphatic heterocycles. The van der Waals surface area contributed by atoms with E-state index >= 15 is 0 Å². The molecule has 1 aromatic carbocycles. The van der Waals surface area contributed by atoms with Gasteiger partial charge in [0.05, 0.1) is 5.56 Å². The van der Waals surface area contributed by atoms with Gasteiger partial charge in [0.1, 0.15) is 17.6 Å². The van der Waals surface area contributed by atoms with Crippen molar-refractivity contribution in [2.45, 2.75) is 34.6 Å². The Labute approximate surface area is 137 Å². The molecule has 0 radical (unpaired) electrons. The summed E-state index contributed by atoms with van der Waals surface area (Å²) in [5.74, 6) is 0. The Morgan fingerprint density at radius 1 is 0.783 bits per heavy atom. The zero-order valence-corrected chi connectivity index (χ0v) is 14.5. The molecule has 2 heterocycles. The molecule has 0 unspecified atom stereocenters. The minimum Gasteiger partial charge on any atom is -0.199 e. The SMILES string of the molecule is Cc1cc(C)c(-[n+]2cnccc2C)c(C)c1-[n+]1ccccc1C. The molecule has 23 heavy (non-hydrogen) atoms. The van der Waals surface area contributed by atoms with E-state index in [4.69, 9.17) is 0 Å². The van der Waals surface area contributed by atoms with Crippen molar-refractivity contribution in [3.8, 4) is 11.4 Å². The lowest BCUT2D eigenvalue weighted by atomic mass is 10.0. The highest BCUT2D eigenvalue weighted by atomic mass is 15.0. The summed E-state index contributed by atoms with van der Waals surface area (Å²) in [7, 11) is 0. The van der Waals surface area contributed by atoms with Crippen molar-refractivity contribution < 1.29 is 9.13 Å². The maximum atomic E-state index is 4.30. The molecule has 3 rings (SSSR count). The van der Waals surface area contributed by atoms with E-state index < -0.39 is 0 Å². The second-order valence-electron chi connectivity index (χ2n) is 6.14. The van der Waals surface area contributed by atoms with Crippen LogP contribution < -0.4 is 9.13 Å². The molecule has 3 aromatic rings. The maximum absolute atomic E-state index is 4.30. The number of benzene rings is 1. The Morgan fingerprint density at radius 3 is 2.09 bits per heavy atom. The lowest BCUT2D eigenvalue weighted by Gasteiger charge is -2.13. The average molecular weight is 305 g/mol. The van der Waals surface area contributed by atoms with Gasteiger partial charge in [0, 0.05) is 30.7 Å². The molecular weight excluding hydrogens is 282 g/mol. The van der Waals surface area contributed by atoms with Crippen molar-refractivity contribution in [3.63, 3.8) is 0 Å². The topological polar surface area (TPSA) is 20.6 Å². The molecule has 0 aliphatic rings. The first kappa shape index (κ1) is 15.3. The van der Waals surface area contributed by atoms with Crippen LogP contribution >= 0.6 is 0 Å². The van der Waals surface area contributed by atoms with Gasteiger partial charge in [-0.2, -0.15) is 9.13 Å². The summed E-state index contributed by atoms with van der Waals surface area (Å²) in [5.41, 5.74) is 8.68. The first-order valence-electron chi connectivity index (χ1n) is 7.92. The number of aryl methyl sites for hydroxylation is 4. The molecule has 116 valence electrons. The van der Waals surface area contributed by atoms with Crippen LogP contribution in [-0.2, 0) is 0 Å². The van der Waals surface area contributed by atoms with Crippen molar-refractivity contribution in [3.05, 3.63) is 77.1 Å². The Hall–Kier alpha value is -2.55. The normalized spacial score (nSPS) is 10.8. The van der Waals surface area contributed by atoms with Gasteiger partial charge in [-0.1, -0.05) is 11.1 Å². The van der Waals surface area contributed by atoms with Crippen molar-refractivity contribution in [2.75, 3.05) is 0 Å². The summed E-state index contributed by atoms with van der Waals surface area (Å²) >= 11 is 0. The number of rotatable bonds is 2. The van der Waals surface area contributed by atoms with Gasteiger partial charge < -0.3 is 0 Å². The number of aromatic nitrogens is 3. The fourth-order valence-corrected chi connectivity index (χ4v) is 3.35. The van der Waals surface area contributed by atoms with Gasteiger partial charge in [-0.25, -0.2) is 0 Å². The predicted molar refractivity (Wildman–Crippen MR) is 91.0 cm³/mol. The van der Waals surface area contributed by atoms with Gasteiger partial charge >= 0.3 is 0 Å². The van der Waals surface area contributed by atoms with Gasteiger partial charge in [0.15, 0.2) is 11.9 Å². The monoisotopic (exact) mass is 305 g/mol. The maximum Gasteiger partial charge on any atom is 0.291 e. The third-order valence-corrected chi connectivity index (χ3v) is 4.40. The molecule has 3 heteroatoms. The fraction of sp³-hybridized carbons (Fsp3) is 0.250. The number of pyridine rings is 1. The number of hydrogen-bond acceptors (Lipinski definition) is 1. The van der Waals surface area contributed by atoms with Crippen LogP contribution in [0.3, 0.4) is 0 Å². The Morgan fingerprint density at radius 2 is 1.43 bits per heavy atom. The smallest absolute Gasteiger partial charge is 0.199 e. The number of hydrogen-bond donors (Lipinski definition) is 0. The molecule has 3 nitrogen and oxygen atoms in total. The summed E-state index contributed by atoms with van der Waals surface area (Å²) in [6, 6.07) is 10.6. The van der Waals surface area contributed by atoms with Gasteiger partial charge in [0.25, 0.3) is 6.33 Å². The van der Waals surface area contributed by atoms with Crippen molar-refractivity contribution in [1.82, 2.24) is 4.98 Å². The molecule has 0 N–H and O–H groups in total. The van der Waals surface area contributed by atoms with E-state index in [0.717, 1.165) is 0 Å². The minimum absolute atomic E-state index is 1.18. The second kappa shape index (κ2) is 5.92. The highest BCUT2D eigenvalue weighted by Gasteiger charge is 2.24. The molecule has 0 fully saturated rings. The lowest BCUT2D eigenvalue weighted by molar-refractivity contribution is -0.614. The highest BCUT2D eigenvalue weighted by molar-refractivity contribution is 5.53. The number of nitrogens with zero attached hydrogens (tertiary/aromatic N) is 3. The molecule has 0 amide bonds. The second-order valence-corrected chi connectivity index (χ2v) is 6.14. The van der Waals surface area contributed by atoms with Crippen LogP contribution in [0.25, 0.3) is 11.4 Å². The van der Waals surface area contributed by atoms with Gasteiger partial charge in [0.2, 0.25) is 5.69 Å². The van der Waals surface area contributed by atoms with E-state index in [9.17, 15) is 0 Å². The van der Waals surface area contributed by atoms with Crippen molar-refractivity contribution in [1.29, 1.82) is 0 Å². The summed E-state index contributed by atoms with van der Waals surface area (Å²) in [6.07, 6.45) is 5.86. The highest BCUT2D eigenvalue weighted by Crippen LogP contribution is 2.23. The summed E-state index contributed by atoms with van der Waals surface area (Å²) in [5, 5.41) is 0. The molecule has 2 aromatic heterocycles. The zero-order chi connectivity index (χ0) is 16.6. The van der Waals surface area contributed by atoms with Gasteiger partial charge in [-0.3, -0.25) is 0 Å². The van der Waals surface area contributed by atoms with E-state index in [1.165, 1.54) is 39.5 Å². The third-order valence-electron chi connectivity index (χ3n) is 4.40. The fourth-order valence-electron chi connectivity index (χ4n) is 3.35. The van der Waals surface area contributed by atoms with Crippen LogP contribution in [0.2, 0.25) is 0 Å². The van der Waals surface area contributed by atoms with E-state index in [1.54, 1.807) is 0 Å². The quantitative estimate of drug-likeness (QED) is 0.666. The van der Waals surface area contributed by atoms with Crippen LogP contribution in [0.5, 0.6) is 0 Å². The van der Waals surface area contributed by atoms with E-state index in [0.29, 0.717) is 0 Å². The zero-order valence-electron chi connectivity index (χ0n) is 14.5. The Bertz CT molecular complexity index is 812. The predicted octanol–water partition coefficient (Wildman–Crippen LogP) is 3.18. The Kier molecular flexibility index (Phi) is 3.95. The summed E-state index contributed by atoms with van der Waals surface area (Å²) in [6.45, 7) is 10.8. The summed E-state index contributed by atoms with van der Waals surface area (Å²) < 4.78 is 4.44.